The van der Waals surface area contributed by atoms with Crippen LogP contribution in [-0.2, 0) is 6.42 Å². The van der Waals surface area contributed by atoms with E-state index in [-0.39, 0.29) is 5.76 Å². The van der Waals surface area contributed by atoms with Crippen molar-refractivity contribution in [3.05, 3.63) is 82.1 Å². The van der Waals surface area contributed by atoms with E-state index >= 15 is 0 Å². The van der Waals surface area contributed by atoms with Crippen molar-refractivity contribution in [3.63, 3.8) is 0 Å². The number of benzene rings is 2. The molecular weight excluding hydrogens is 404 g/mol. The largest absolute Gasteiger partial charge is 0.513 e. The molecule has 2 aromatic carbocycles. The fourth-order valence-electron chi connectivity index (χ4n) is 3.87. The lowest BCUT2D eigenvalue weighted by Crippen LogP contribution is -2.04. The van der Waals surface area contributed by atoms with E-state index in [1.54, 1.807) is 0 Å². The highest BCUT2D eigenvalue weighted by Crippen LogP contribution is 2.35. The summed E-state index contributed by atoms with van der Waals surface area (Å²) in [7, 11) is 0. The van der Waals surface area contributed by atoms with Gasteiger partial charge >= 0.3 is 0 Å². The van der Waals surface area contributed by atoms with Gasteiger partial charge in [-0.15, -0.1) is 0 Å². The van der Waals surface area contributed by atoms with Crippen LogP contribution < -0.4 is 4.74 Å². The first kappa shape index (κ1) is 30.5. The molecule has 2 heteroatoms. The fourth-order valence-corrected chi connectivity index (χ4v) is 3.87. The molecule has 1 N–H and O–H groups in total. The Morgan fingerprint density at radius 2 is 1.58 bits per heavy atom. The van der Waals surface area contributed by atoms with Crippen LogP contribution in [-0.4, -0.2) is 11.7 Å². The van der Waals surface area contributed by atoms with Gasteiger partial charge < -0.3 is 9.84 Å². The van der Waals surface area contributed by atoms with Crippen molar-refractivity contribution in [3.8, 4) is 5.75 Å². The first-order chi connectivity index (χ1) is 16.0. The molecule has 0 unspecified atom stereocenters. The van der Waals surface area contributed by atoms with E-state index in [0.29, 0.717) is 13.0 Å². The maximum atomic E-state index is 9.35. The summed E-state index contributed by atoms with van der Waals surface area (Å²) < 4.78 is 6.24. The summed E-state index contributed by atoms with van der Waals surface area (Å²) in [5.74, 6) is 1.20. The summed E-state index contributed by atoms with van der Waals surface area (Å²) in [6.45, 7) is 22.6. The molecule has 1 aliphatic rings. The zero-order valence-corrected chi connectivity index (χ0v) is 22.8. The van der Waals surface area contributed by atoms with Crippen LogP contribution in [0.3, 0.4) is 0 Å². The number of ether oxygens (including phenoxy) is 1. The van der Waals surface area contributed by atoms with Gasteiger partial charge in [-0.1, -0.05) is 84.0 Å². The topological polar surface area (TPSA) is 29.5 Å². The Labute approximate surface area is 204 Å². The summed E-state index contributed by atoms with van der Waals surface area (Å²) in [6, 6.07) is 13.0. The van der Waals surface area contributed by atoms with Crippen molar-refractivity contribution in [2.24, 2.45) is 0 Å². The van der Waals surface area contributed by atoms with Gasteiger partial charge in [0.05, 0.1) is 5.76 Å². The molecule has 33 heavy (non-hydrogen) atoms. The minimum Gasteiger partial charge on any atom is -0.513 e. The van der Waals surface area contributed by atoms with Gasteiger partial charge in [0, 0.05) is 6.42 Å². The van der Waals surface area contributed by atoms with E-state index in [4.69, 9.17) is 4.74 Å². The predicted molar refractivity (Wildman–Crippen MR) is 147 cm³/mol. The molecule has 0 aromatic heterocycles. The number of allylic oxidation sites excluding steroid dienone is 2. The highest BCUT2D eigenvalue weighted by molar-refractivity contribution is 5.71. The molecule has 3 rings (SSSR count). The Kier molecular flexibility index (Phi) is 15.8. The first-order valence-electron chi connectivity index (χ1n) is 12.8. The Morgan fingerprint density at radius 1 is 0.909 bits per heavy atom. The van der Waals surface area contributed by atoms with Crippen molar-refractivity contribution in [2.75, 3.05) is 6.61 Å². The summed E-state index contributed by atoms with van der Waals surface area (Å²) in [5, 5.41) is 9.35. The van der Waals surface area contributed by atoms with Crippen molar-refractivity contribution in [1.82, 2.24) is 0 Å². The number of hydrogen-bond acceptors (Lipinski definition) is 2. The van der Waals surface area contributed by atoms with Crippen LogP contribution in [0, 0.1) is 20.8 Å². The van der Waals surface area contributed by atoms with Crippen LogP contribution in [0.2, 0.25) is 0 Å². The molecule has 0 radical (unpaired) electrons. The first-order valence-corrected chi connectivity index (χ1v) is 12.8. The summed E-state index contributed by atoms with van der Waals surface area (Å²) in [4.78, 5) is 0. The second-order valence-electron chi connectivity index (χ2n) is 7.63. The molecule has 0 fully saturated rings. The molecule has 0 heterocycles. The third-order valence-corrected chi connectivity index (χ3v) is 5.63. The number of aryl methyl sites for hydroxylation is 2. The third-order valence-electron chi connectivity index (χ3n) is 5.63. The molecule has 0 bridgehead atoms. The molecule has 1 aliphatic carbocycles. The lowest BCUT2D eigenvalue weighted by Gasteiger charge is -2.16. The van der Waals surface area contributed by atoms with Crippen molar-refractivity contribution < 1.29 is 9.84 Å². The fraction of sp³-hybridized carbons (Fsp3) is 0.484. The maximum absolute atomic E-state index is 9.35. The second-order valence-corrected chi connectivity index (χ2v) is 7.63. The molecule has 0 amide bonds. The van der Waals surface area contributed by atoms with Gasteiger partial charge in [-0.25, -0.2) is 0 Å². The van der Waals surface area contributed by atoms with Crippen LogP contribution in [0.15, 0.2) is 54.3 Å². The molecule has 0 aliphatic heterocycles. The standard InChI is InChI=1S/C25H30O2.3C2H6/c1-17-7-5-8-22(15-17)24-10-6-9-23(24)16-27-25-14-13-21(12-11-18(2)26)19(3)20(25)4;3*1-2/h5,7-8,13-15,26H,2,6,9-12,16H2,1,3-4H3;3*1-2H3. The third kappa shape index (κ3) is 9.50. The molecular formula is C31H48O2. The normalized spacial score (nSPS) is 11.9. The van der Waals surface area contributed by atoms with Gasteiger partial charge in [-0.2, -0.15) is 0 Å². The Bertz CT molecular complexity index is 874. The smallest absolute Gasteiger partial charge is 0.122 e. The zero-order chi connectivity index (χ0) is 25.4. The van der Waals surface area contributed by atoms with Gasteiger partial charge in [0.15, 0.2) is 0 Å². The maximum Gasteiger partial charge on any atom is 0.122 e. The van der Waals surface area contributed by atoms with Crippen LogP contribution >= 0.6 is 0 Å². The molecule has 184 valence electrons. The van der Waals surface area contributed by atoms with Gasteiger partial charge in [0.25, 0.3) is 0 Å². The quantitative estimate of drug-likeness (QED) is 0.424. The SMILES string of the molecule is C=C(O)CCc1ccc(OCC2=C(c3cccc(C)c3)CCC2)c(C)c1C.CC.CC.CC. The molecule has 2 nitrogen and oxygen atoms in total. The highest BCUT2D eigenvalue weighted by Gasteiger charge is 2.17. The summed E-state index contributed by atoms with van der Waals surface area (Å²) in [6.07, 6.45) is 4.89. The van der Waals surface area contributed by atoms with Crippen LogP contribution in [0.4, 0.5) is 0 Å². The van der Waals surface area contributed by atoms with E-state index in [1.807, 2.05) is 41.5 Å². The average molecular weight is 453 g/mol. The van der Waals surface area contributed by atoms with E-state index in [1.165, 1.54) is 45.4 Å². The predicted octanol–water partition coefficient (Wildman–Crippen LogP) is 9.71. The molecule has 2 aromatic rings. The van der Waals surface area contributed by atoms with E-state index < -0.39 is 0 Å². The van der Waals surface area contributed by atoms with Crippen molar-refractivity contribution in [2.45, 2.75) is 94.4 Å². The second kappa shape index (κ2) is 17.1. The summed E-state index contributed by atoms with van der Waals surface area (Å²) >= 11 is 0. The lowest BCUT2D eigenvalue weighted by atomic mass is 9.98. The molecule has 0 atom stereocenters. The van der Waals surface area contributed by atoms with Crippen molar-refractivity contribution >= 4 is 5.57 Å². The van der Waals surface area contributed by atoms with Gasteiger partial charge in [-0.05, 0) is 85.9 Å². The zero-order valence-electron chi connectivity index (χ0n) is 22.8. The molecule has 0 saturated heterocycles. The van der Waals surface area contributed by atoms with E-state index in [2.05, 4.69) is 63.7 Å². The monoisotopic (exact) mass is 452 g/mol. The molecule has 0 spiro atoms. The molecule has 0 saturated carbocycles. The Morgan fingerprint density at radius 3 is 2.18 bits per heavy atom. The minimum absolute atomic E-state index is 0.240. The number of rotatable bonds is 7. The number of aliphatic hydroxyl groups excluding tert-OH is 1. The van der Waals surface area contributed by atoms with Gasteiger partial charge in [-0.3, -0.25) is 0 Å². The van der Waals surface area contributed by atoms with Crippen LogP contribution in [0.5, 0.6) is 5.75 Å². The van der Waals surface area contributed by atoms with Gasteiger partial charge in [0.2, 0.25) is 0 Å². The highest BCUT2D eigenvalue weighted by atomic mass is 16.5. The Hall–Kier alpha value is -2.48. The lowest BCUT2D eigenvalue weighted by molar-refractivity contribution is 0.346. The van der Waals surface area contributed by atoms with E-state index in [0.717, 1.165) is 25.0 Å². The number of hydrogen-bond donors (Lipinski definition) is 1. The average Bonchev–Trinajstić information content (AvgIpc) is 3.32. The minimum atomic E-state index is 0.240. The Balaban J connectivity index is 0.00000158. The van der Waals surface area contributed by atoms with Gasteiger partial charge in [0.1, 0.15) is 12.4 Å². The number of aliphatic hydroxyl groups is 1. The van der Waals surface area contributed by atoms with Crippen LogP contribution in [0.25, 0.3) is 5.57 Å². The van der Waals surface area contributed by atoms with E-state index in [9.17, 15) is 5.11 Å². The van der Waals surface area contributed by atoms with Crippen molar-refractivity contribution in [1.29, 1.82) is 0 Å². The van der Waals surface area contributed by atoms with Crippen LogP contribution in [0.1, 0.15) is 95.0 Å². The summed E-state index contributed by atoms with van der Waals surface area (Å²) in [5.41, 5.74) is 9.22.